The number of hydrogen-bond donors (Lipinski definition) is 0. The van der Waals surface area contributed by atoms with Gasteiger partial charge in [0.1, 0.15) is 0 Å². The largest absolute Gasteiger partial charge is 0.355 e. The summed E-state index contributed by atoms with van der Waals surface area (Å²) in [6.45, 7) is 0. The summed E-state index contributed by atoms with van der Waals surface area (Å²) in [5, 5.41) is 4.81. The van der Waals surface area contributed by atoms with E-state index in [9.17, 15) is 4.79 Å². The summed E-state index contributed by atoms with van der Waals surface area (Å²) in [4.78, 5) is 10.4. The van der Waals surface area contributed by atoms with Crippen LogP contribution in [-0.2, 0) is 0 Å². The second kappa shape index (κ2) is 2.60. The lowest BCUT2D eigenvalue weighted by Crippen LogP contribution is -1.77. The highest BCUT2D eigenvalue weighted by atomic mass is 35.5. The number of fused-ring (bicyclic) bond motifs is 1. The maximum absolute atomic E-state index is 10.4. The van der Waals surface area contributed by atoms with E-state index in [2.05, 4.69) is 5.16 Å². The van der Waals surface area contributed by atoms with E-state index < -0.39 is 0 Å². The zero-order valence-electron chi connectivity index (χ0n) is 5.95. The van der Waals surface area contributed by atoms with Gasteiger partial charge in [0.2, 0.25) is 0 Å². The van der Waals surface area contributed by atoms with Gasteiger partial charge in [0, 0.05) is 11.1 Å². The average Bonchev–Trinajstić information content (AvgIpc) is 2.46. The maximum atomic E-state index is 10.4. The third kappa shape index (κ3) is 0.987. The van der Waals surface area contributed by atoms with Gasteiger partial charge in [-0.1, -0.05) is 16.8 Å². The topological polar surface area (TPSA) is 43.1 Å². The molecule has 3 nitrogen and oxygen atoms in total. The zero-order valence-corrected chi connectivity index (χ0v) is 6.71. The Bertz CT molecular complexity index is 436. The van der Waals surface area contributed by atoms with Crippen molar-refractivity contribution >= 4 is 28.9 Å². The van der Waals surface area contributed by atoms with E-state index in [4.69, 9.17) is 16.1 Å². The third-order valence-electron chi connectivity index (χ3n) is 1.57. The summed E-state index contributed by atoms with van der Waals surface area (Å²) >= 11 is 5.70. The van der Waals surface area contributed by atoms with Gasteiger partial charge in [-0.05, 0) is 12.1 Å². The minimum Gasteiger partial charge on any atom is -0.355 e. The van der Waals surface area contributed by atoms with E-state index in [1.54, 1.807) is 18.2 Å². The SMILES string of the molecule is O=Cc1noc2cc(Cl)ccc12. The van der Waals surface area contributed by atoms with Gasteiger partial charge < -0.3 is 4.52 Å². The number of hydrogen-bond acceptors (Lipinski definition) is 3. The van der Waals surface area contributed by atoms with Crippen LogP contribution in [-0.4, -0.2) is 11.4 Å². The van der Waals surface area contributed by atoms with Gasteiger partial charge in [0.25, 0.3) is 0 Å². The van der Waals surface area contributed by atoms with Crippen molar-refractivity contribution in [3.8, 4) is 0 Å². The highest BCUT2D eigenvalue weighted by molar-refractivity contribution is 6.31. The number of aldehydes is 1. The molecular formula is C8H4ClNO2. The first-order valence-electron chi connectivity index (χ1n) is 3.31. The number of nitrogens with zero attached hydrogens (tertiary/aromatic N) is 1. The molecule has 0 fully saturated rings. The predicted octanol–water partition coefficient (Wildman–Crippen LogP) is 2.29. The fourth-order valence-electron chi connectivity index (χ4n) is 1.02. The predicted molar refractivity (Wildman–Crippen MR) is 44.4 cm³/mol. The summed E-state index contributed by atoms with van der Waals surface area (Å²) in [6, 6.07) is 5.02. The molecule has 2 aromatic rings. The summed E-state index contributed by atoms with van der Waals surface area (Å²) in [7, 11) is 0. The lowest BCUT2D eigenvalue weighted by atomic mass is 10.2. The molecule has 4 heteroatoms. The minimum absolute atomic E-state index is 0.307. The standard InChI is InChI=1S/C8H4ClNO2/c9-5-1-2-6-7(4-11)10-12-8(6)3-5/h1-4H. The Morgan fingerprint density at radius 2 is 2.33 bits per heavy atom. The first-order valence-corrected chi connectivity index (χ1v) is 3.69. The number of aromatic nitrogens is 1. The Kier molecular flexibility index (Phi) is 1.59. The van der Waals surface area contributed by atoms with Gasteiger partial charge in [-0.25, -0.2) is 0 Å². The van der Waals surface area contributed by atoms with Crippen LogP contribution in [0.25, 0.3) is 11.0 Å². The van der Waals surface area contributed by atoms with Crippen LogP contribution in [0.1, 0.15) is 10.5 Å². The molecule has 0 radical (unpaired) electrons. The Hall–Kier alpha value is -1.35. The second-order valence-electron chi connectivity index (χ2n) is 2.33. The van der Waals surface area contributed by atoms with Crippen molar-refractivity contribution < 1.29 is 9.32 Å². The molecule has 1 aromatic heterocycles. The van der Waals surface area contributed by atoms with E-state index in [-0.39, 0.29) is 0 Å². The van der Waals surface area contributed by atoms with E-state index in [1.807, 2.05) is 0 Å². The molecule has 0 aliphatic rings. The highest BCUT2D eigenvalue weighted by Gasteiger charge is 2.06. The summed E-state index contributed by atoms with van der Waals surface area (Å²) in [5.74, 6) is 0. The number of benzene rings is 1. The molecule has 0 aliphatic carbocycles. The lowest BCUT2D eigenvalue weighted by molar-refractivity contribution is 0.111. The average molecular weight is 182 g/mol. The van der Waals surface area contributed by atoms with Crippen molar-refractivity contribution in [2.24, 2.45) is 0 Å². The van der Waals surface area contributed by atoms with Crippen LogP contribution in [0.2, 0.25) is 5.02 Å². The minimum atomic E-state index is 0.307. The summed E-state index contributed by atoms with van der Waals surface area (Å²) in [5.41, 5.74) is 0.839. The van der Waals surface area contributed by atoms with Crippen LogP contribution in [0.4, 0.5) is 0 Å². The molecule has 0 atom stereocenters. The van der Waals surface area contributed by atoms with Gasteiger partial charge in [-0.2, -0.15) is 0 Å². The summed E-state index contributed by atoms with van der Waals surface area (Å²) < 4.78 is 4.86. The summed E-state index contributed by atoms with van der Waals surface area (Å²) in [6.07, 6.45) is 0.653. The number of halogens is 1. The van der Waals surface area contributed by atoms with Crippen molar-refractivity contribution in [2.75, 3.05) is 0 Å². The van der Waals surface area contributed by atoms with Crippen LogP contribution < -0.4 is 0 Å². The lowest BCUT2D eigenvalue weighted by Gasteiger charge is -1.86. The first kappa shape index (κ1) is 7.31. The van der Waals surface area contributed by atoms with E-state index >= 15 is 0 Å². The van der Waals surface area contributed by atoms with Crippen molar-refractivity contribution in [3.05, 3.63) is 28.9 Å². The maximum Gasteiger partial charge on any atom is 0.172 e. The Balaban J connectivity index is 2.81. The molecule has 12 heavy (non-hydrogen) atoms. The normalized spacial score (nSPS) is 10.4. The van der Waals surface area contributed by atoms with Crippen LogP contribution >= 0.6 is 11.6 Å². The van der Waals surface area contributed by atoms with E-state index in [0.717, 1.165) is 0 Å². The Labute approximate surface area is 72.9 Å². The van der Waals surface area contributed by atoms with Gasteiger partial charge >= 0.3 is 0 Å². The van der Waals surface area contributed by atoms with E-state index in [1.165, 1.54) is 0 Å². The van der Waals surface area contributed by atoms with Gasteiger partial charge in [0.15, 0.2) is 17.6 Å². The highest BCUT2D eigenvalue weighted by Crippen LogP contribution is 2.20. The van der Waals surface area contributed by atoms with Crippen molar-refractivity contribution in [1.29, 1.82) is 0 Å². The molecule has 0 saturated carbocycles. The smallest absolute Gasteiger partial charge is 0.172 e. The molecule has 0 spiro atoms. The molecule has 0 amide bonds. The van der Waals surface area contributed by atoms with Crippen LogP contribution in [0, 0.1) is 0 Å². The Morgan fingerprint density at radius 1 is 1.50 bits per heavy atom. The fourth-order valence-corrected chi connectivity index (χ4v) is 1.18. The number of rotatable bonds is 1. The van der Waals surface area contributed by atoms with Crippen LogP contribution in [0.15, 0.2) is 22.7 Å². The van der Waals surface area contributed by atoms with Crippen molar-refractivity contribution in [3.63, 3.8) is 0 Å². The van der Waals surface area contributed by atoms with Crippen molar-refractivity contribution in [2.45, 2.75) is 0 Å². The first-order chi connectivity index (χ1) is 5.81. The van der Waals surface area contributed by atoms with Crippen LogP contribution in [0.3, 0.4) is 0 Å². The number of carbonyl (C=O) groups excluding carboxylic acids is 1. The van der Waals surface area contributed by atoms with Crippen LogP contribution in [0.5, 0.6) is 0 Å². The van der Waals surface area contributed by atoms with Crippen molar-refractivity contribution in [1.82, 2.24) is 5.16 Å². The molecule has 0 saturated heterocycles. The molecule has 60 valence electrons. The molecule has 0 unspecified atom stereocenters. The zero-order chi connectivity index (χ0) is 8.55. The monoisotopic (exact) mass is 181 g/mol. The molecule has 0 N–H and O–H groups in total. The Morgan fingerprint density at radius 3 is 3.08 bits per heavy atom. The molecule has 0 aliphatic heterocycles. The second-order valence-corrected chi connectivity index (χ2v) is 2.76. The fraction of sp³-hybridized carbons (Fsp3) is 0. The van der Waals surface area contributed by atoms with Gasteiger partial charge in [-0.3, -0.25) is 4.79 Å². The van der Waals surface area contributed by atoms with E-state index in [0.29, 0.717) is 28.0 Å². The molecular weight excluding hydrogens is 178 g/mol. The molecule has 1 aromatic carbocycles. The number of carbonyl (C=O) groups is 1. The molecule has 2 rings (SSSR count). The molecule has 1 heterocycles. The van der Waals surface area contributed by atoms with Gasteiger partial charge in [-0.15, -0.1) is 0 Å². The third-order valence-corrected chi connectivity index (χ3v) is 1.81. The quantitative estimate of drug-likeness (QED) is 0.634. The van der Waals surface area contributed by atoms with Gasteiger partial charge in [0.05, 0.1) is 5.39 Å². The molecule has 0 bridgehead atoms.